The molecule has 0 aliphatic carbocycles. The van der Waals surface area contributed by atoms with Crippen molar-refractivity contribution < 1.29 is 9.21 Å². The number of amides is 1. The van der Waals surface area contributed by atoms with Crippen LogP contribution in [0.5, 0.6) is 0 Å². The van der Waals surface area contributed by atoms with Crippen molar-refractivity contribution in [3.8, 4) is 0 Å². The number of aryl methyl sites for hydroxylation is 1. The molecule has 8 heteroatoms. The standard InChI is InChI=1S/C17H19N5O3/c1-11-13(15(23)20-12-5-4-6-18-9-12)14-16(25-11)19-10-22(17(14)24)8-7-21(2)3/h4-6,9-10H,7-8H2,1-3H3,(H,20,23). The van der Waals surface area contributed by atoms with Crippen LogP contribution in [0.1, 0.15) is 16.1 Å². The molecule has 1 N–H and O–H groups in total. The van der Waals surface area contributed by atoms with E-state index in [1.165, 1.54) is 17.1 Å². The second-order valence-corrected chi connectivity index (χ2v) is 5.96. The van der Waals surface area contributed by atoms with Crippen molar-refractivity contribution in [2.24, 2.45) is 0 Å². The first-order valence-corrected chi connectivity index (χ1v) is 7.82. The first-order chi connectivity index (χ1) is 12.0. The van der Waals surface area contributed by atoms with E-state index in [0.29, 0.717) is 24.5 Å². The number of anilines is 1. The average molecular weight is 341 g/mol. The Labute approximate surface area is 144 Å². The summed E-state index contributed by atoms with van der Waals surface area (Å²) in [4.78, 5) is 35.5. The average Bonchev–Trinajstić information content (AvgIpc) is 2.92. The number of hydrogen-bond acceptors (Lipinski definition) is 6. The Morgan fingerprint density at radius 2 is 2.20 bits per heavy atom. The first kappa shape index (κ1) is 16.8. The Morgan fingerprint density at radius 1 is 1.40 bits per heavy atom. The lowest BCUT2D eigenvalue weighted by Gasteiger charge is -2.10. The van der Waals surface area contributed by atoms with Crippen LogP contribution in [-0.4, -0.2) is 46.0 Å². The summed E-state index contributed by atoms with van der Waals surface area (Å²) in [5.41, 5.74) is 0.619. The second kappa shape index (κ2) is 6.86. The van der Waals surface area contributed by atoms with Crippen LogP contribution >= 0.6 is 0 Å². The van der Waals surface area contributed by atoms with E-state index in [1.807, 2.05) is 19.0 Å². The first-order valence-electron chi connectivity index (χ1n) is 7.82. The van der Waals surface area contributed by atoms with E-state index in [9.17, 15) is 9.59 Å². The monoisotopic (exact) mass is 341 g/mol. The summed E-state index contributed by atoms with van der Waals surface area (Å²) in [6, 6.07) is 3.43. The highest BCUT2D eigenvalue weighted by molar-refractivity contribution is 6.12. The fraction of sp³-hybridized carbons (Fsp3) is 0.294. The normalized spacial score (nSPS) is 11.2. The zero-order chi connectivity index (χ0) is 18.0. The van der Waals surface area contributed by atoms with Crippen LogP contribution in [0.2, 0.25) is 0 Å². The summed E-state index contributed by atoms with van der Waals surface area (Å²) in [6.45, 7) is 2.80. The lowest BCUT2D eigenvalue weighted by atomic mass is 10.1. The predicted octanol–water partition coefficient (Wildman–Crippen LogP) is 1.51. The maximum absolute atomic E-state index is 12.8. The second-order valence-electron chi connectivity index (χ2n) is 5.96. The van der Waals surface area contributed by atoms with Gasteiger partial charge < -0.3 is 14.6 Å². The highest BCUT2D eigenvalue weighted by atomic mass is 16.3. The molecule has 0 saturated carbocycles. The molecule has 0 aliphatic rings. The molecular weight excluding hydrogens is 322 g/mol. The molecule has 25 heavy (non-hydrogen) atoms. The van der Waals surface area contributed by atoms with Crippen LogP contribution < -0.4 is 10.9 Å². The Morgan fingerprint density at radius 3 is 2.88 bits per heavy atom. The van der Waals surface area contributed by atoms with E-state index in [4.69, 9.17) is 4.42 Å². The van der Waals surface area contributed by atoms with Gasteiger partial charge in [0.2, 0.25) is 5.71 Å². The summed E-state index contributed by atoms with van der Waals surface area (Å²) in [5, 5.41) is 2.92. The van der Waals surface area contributed by atoms with E-state index in [-0.39, 0.29) is 22.2 Å². The molecule has 0 aromatic carbocycles. The van der Waals surface area contributed by atoms with E-state index >= 15 is 0 Å². The van der Waals surface area contributed by atoms with Gasteiger partial charge in [-0.3, -0.25) is 19.1 Å². The molecule has 0 spiro atoms. The van der Waals surface area contributed by atoms with E-state index in [1.54, 1.807) is 25.3 Å². The smallest absolute Gasteiger partial charge is 0.265 e. The number of hydrogen-bond donors (Lipinski definition) is 1. The maximum Gasteiger partial charge on any atom is 0.265 e. The van der Waals surface area contributed by atoms with E-state index in [0.717, 1.165) is 0 Å². The fourth-order valence-corrected chi connectivity index (χ4v) is 2.51. The molecule has 0 atom stereocenters. The number of nitrogens with zero attached hydrogens (tertiary/aromatic N) is 4. The SMILES string of the molecule is Cc1oc2ncn(CCN(C)C)c(=O)c2c1C(=O)Nc1cccnc1. The highest BCUT2D eigenvalue weighted by Gasteiger charge is 2.23. The van der Waals surface area contributed by atoms with Gasteiger partial charge in [0, 0.05) is 19.3 Å². The quantitative estimate of drug-likeness (QED) is 0.756. The Kier molecular flexibility index (Phi) is 4.62. The van der Waals surface area contributed by atoms with Crippen LogP contribution in [0.4, 0.5) is 5.69 Å². The number of pyridine rings is 1. The molecule has 0 bridgehead atoms. The van der Waals surface area contributed by atoms with Gasteiger partial charge in [-0.05, 0) is 33.2 Å². The predicted molar refractivity (Wildman–Crippen MR) is 93.8 cm³/mol. The van der Waals surface area contributed by atoms with Crippen LogP contribution in [0.25, 0.3) is 11.1 Å². The minimum Gasteiger partial charge on any atom is -0.442 e. The number of carbonyl (C=O) groups excluding carboxylic acids is 1. The van der Waals surface area contributed by atoms with Gasteiger partial charge in [0.1, 0.15) is 17.5 Å². The van der Waals surface area contributed by atoms with Gasteiger partial charge in [-0.25, -0.2) is 4.98 Å². The summed E-state index contributed by atoms with van der Waals surface area (Å²) >= 11 is 0. The number of aromatic nitrogens is 3. The number of rotatable bonds is 5. The fourth-order valence-electron chi connectivity index (χ4n) is 2.51. The molecule has 3 aromatic rings. The zero-order valence-electron chi connectivity index (χ0n) is 14.3. The van der Waals surface area contributed by atoms with Crippen molar-refractivity contribution in [3.63, 3.8) is 0 Å². The van der Waals surface area contributed by atoms with Crippen LogP contribution in [0.15, 0.2) is 40.1 Å². The van der Waals surface area contributed by atoms with Gasteiger partial charge in [0.25, 0.3) is 11.5 Å². The van der Waals surface area contributed by atoms with Crippen molar-refractivity contribution in [2.75, 3.05) is 26.0 Å². The molecule has 130 valence electrons. The zero-order valence-corrected chi connectivity index (χ0v) is 14.3. The van der Waals surface area contributed by atoms with Gasteiger partial charge in [-0.15, -0.1) is 0 Å². The van der Waals surface area contributed by atoms with Crippen LogP contribution in [-0.2, 0) is 6.54 Å². The topological polar surface area (TPSA) is 93.3 Å². The van der Waals surface area contributed by atoms with Gasteiger partial charge in [-0.1, -0.05) is 0 Å². The molecule has 0 radical (unpaired) electrons. The van der Waals surface area contributed by atoms with Crippen molar-refractivity contribution in [3.05, 3.63) is 52.5 Å². The Hall–Kier alpha value is -3.00. The van der Waals surface area contributed by atoms with Crippen LogP contribution in [0, 0.1) is 6.92 Å². The van der Waals surface area contributed by atoms with Gasteiger partial charge in [0.15, 0.2) is 0 Å². The maximum atomic E-state index is 12.8. The Bertz CT molecular complexity index is 960. The van der Waals surface area contributed by atoms with Crippen molar-refractivity contribution in [2.45, 2.75) is 13.5 Å². The van der Waals surface area contributed by atoms with Gasteiger partial charge in [0.05, 0.1) is 17.4 Å². The van der Waals surface area contributed by atoms with Gasteiger partial charge in [-0.2, -0.15) is 0 Å². The largest absolute Gasteiger partial charge is 0.442 e. The minimum absolute atomic E-state index is 0.167. The minimum atomic E-state index is -0.423. The molecule has 0 saturated heterocycles. The summed E-state index contributed by atoms with van der Waals surface area (Å²) in [7, 11) is 3.84. The molecule has 3 heterocycles. The lowest BCUT2D eigenvalue weighted by Crippen LogP contribution is -2.27. The molecule has 3 rings (SSSR count). The van der Waals surface area contributed by atoms with Crippen molar-refractivity contribution in [1.29, 1.82) is 0 Å². The molecule has 0 fully saturated rings. The van der Waals surface area contributed by atoms with E-state index in [2.05, 4.69) is 15.3 Å². The molecule has 0 unspecified atom stereocenters. The van der Waals surface area contributed by atoms with Gasteiger partial charge >= 0.3 is 0 Å². The Balaban J connectivity index is 2.02. The summed E-state index contributed by atoms with van der Waals surface area (Å²) < 4.78 is 6.99. The number of likely N-dealkylation sites (N-methyl/N-ethyl adjacent to an activating group) is 1. The van der Waals surface area contributed by atoms with Crippen LogP contribution in [0.3, 0.4) is 0 Å². The van der Waals surface area contributed by atoms with Crippen molar-refractivity contribution >= 4 is 22.7 Å². The lowest BCUT2D eigenvalue weighted by molar-refractivity contribution is 0.102. The molecule has 0 aliphatic heterocycles. The number of furan rings is 1. The number of carbonyl (C=O) groups is 1. The summed E-state index contributed by atoms with van der Waals surface area (Å²) in [6.07, 6.45) is 4.59. The molecular formula is C17H19N5O3. The summed E-state index contributed by atoms with van der Waals surface area (Å²) in [5.74, 6) is -0.0696. The van der Waals surface area contributed by atoms with Crippen molar-refractivity contribution in [1.82, 2.24) is 19.4 Å². The highest BCUT2D eigenvalue weighted by Crippen LogP contribution is 2.22. The molecule has 8 nitrogen and oxygen atoms in total. The number of fused-ring (bicyclic) bond motifs is 1. The number of nitrogens with one attached hydrogen (secondary N) is 1. The third kappa shape index (κ3) is 3.43. The third-order valence-electron chi connectivity index (χ3n) is 3.79. The van der Waals surface area contributed by atoms with E-state index < -0.39 is 5.91 Å². The molecule has 3 aromatic heterocycles. The third-order valence-corrected chi connectivity index (χ3v) is 3.79. The molecule has 1 amide bonds.